The smallest absolute Gasteiger partial charge is 0.177 e. The number of ether oxygens (including phenoxy) is 1. The summed E-state index contributed by atoms with van der Waals surface area (Å²) in [5.41, 5.74) is 6.31. The normalized spacial score (nSPS) is 10.4. The van der Waals surface area contributed by atoms with Crippen molar-refractivity contribution >= 4 is 23.7 Å². The molecule has 0 radical (unpaired) electrons. The van der Waals surface area contributed by atoms with Gasteiger partial charge in [-0.3, -0.25) is 4.79 Å². The second kappa shape index (κ2) is 5.42. The van der Waals surface area contributed by atoms with Gasteiger partial charge < -0.3 is 10.5 Å². The van der Waals surface area contributed by atoms with Crippen molar-refractivity contribution in [2.24, 2.45) is 0 Å². The lowest BCUT2D eigenvalue weighted by Gasteiger charge is -2.10. The van der Waals surface area contributed by atoms with E-state index in [2.05, 4.69) is 9.97 Å². The summed E-state index contributed by atoms with van der Waals surface area (Å²) in [6.45, 7) is 1.61. The minimum absolute atomic E-state index is 0.00247. The minimum atomic E-state index is -0.708. The second-order valence-electron chi connectivity index (χ2n) is 4.00. The molecule has 0 bridgehead atoms. The molecule has 104 valence electrons. The van der Waals surface area contributed by atoms with Gasteiger partial charge in [-0.25, -0.2) is 14.4 Å². The van der Waals surface area contributed by atoms with Crippen LogP contribution in [0.4, 0.5) is 10.2 Å². The summed E-state index contributed by atoms with van der Waals surface area (Å²) in [4.78, 5) is 18.9. The van der Waals surface area contributed by atoms with Crippen molar-refractivity contribution in [3.63, 3.8) is 0 Å². The summed E-state index contributed by atoms with van der Waals surface area (Å²) < 4.78 is 19.2. The predicted octanol–water partition coefficient (Wildman–Crippen LogP) is 2.65. The molecule has 1 aromatic carbocycles. The van der Waals surface area contributed by atoms with Gasteiger partial charge in [0.2, 0.25) is 0 Å². The molecule has 20 heavy (non-hydrogen) atoms. The summed E-state index contributed by atoms with van der Waals surface area (Å²) in [5.74, 6) is -0.701. The molecule has 0 saturated heterocycles. The Morgan fingerprint density at radius 2 is 2.10 bits per heavy atom. The van der Waals surface area contributed by atoms with Gasteiger partial charge in [-0.05, 0) is 19.1 Å². The summed E-state index contributed by atoms with van der Waals surface area (Å²) >= 11 is 5.82. The largest absolute Gasteiger partial charge is 0.492 e. The molecule has 1 aromatic heterocycles. The molecule has 5 nitrogen and oxygen atoms in total. The molecular formula is C13H11ClFN3O2. The first-order chi connectivity index (χ1) is 9.49. The van der Waals surface area contributed by atoms with Gasteiger partial charge in [0, 0.05) is 5.56 Å². The van der Waals surface area contributed by atoms with E-state index in [1.165, 1.54) is 19.2 Å². The van der Waals surface area contributed by atoms with Crippen LogP contribution >= 0.6 is 11.6 Å². The topological polar surface area (TPSA) is 78.1 Å². The zero-order valence-corrected chi connectivity index (χ0v) is 11.5. The lowest BCUT2D eigenvalue weighted by Crippen LogP contribution is -2.05. The van der Waals surface area contributed by atoms with Gasteiger partial charge >= 0.3 is 0 Å². The lowest BCUT2D eigenvalue weighted by atomic mass is 10.1. The van der Waals surface area contributed by atoms with Gasteiger partial charge in [0.05, 0.1) is 17.7 Å². The van der Waals surface area contributed by atoms with Crippen molar-refractivity contribution in [1.82, 2.24) is 9.97 Å². The second-order valence-corrected chi connectivity index (χ2v) is 4.41. The van der Waals surface area contributed by atoms with Gasteiger partial charge in [0.25, 0.3) is 0 Å². The van der Waals surface area contributed by atoms with Crippen molar-refractivity contribution in [3.8, 4) is 17.1 Å². The van der Waals surface area contributed by atoms with Gasteiger partial charge in [-0.2, -0.15) is 0 Å². The minimum Gasteiger partial charge on any atom is -0.492 e. The third-order valence-corrected chi connectivity index (χ3v) is 3.12. The first-order valence-electron chi connectivity index (χ1n) is 5.61. The van der Waals surface area contributed by atoms with E-state index in [4.69, 9.17) is 22.1 Å². The van der Waals surface area contributed by atoms with Crippen LogP contribution in [-0.4, -0.2) is 23.4 Å². The van der Waals surface area contributed by atoms with E-state index in [0.717, 1.165) is 0 Å². The number of halogens is 2. The zero-order valence-electron chi connectivity index (χ0n) is 10.8. The number of hydrogen-bond acceptors (Lipinski definition) is 5. The molecule has 0 spiro atoms. The molecule has 1 heterocycles. The Morgan fingerprint density at radius 1 is 1.40 bits per heavy atom. The number of nitrogens with two attached hydrogens (primary N) is 1. The van der Waals surface area contributed by atoms with Crippen LogP contribution < -0.4 is 10.5 Å². The van der Waals surface area contributed by atoms with E-state index in [0.29, 0.717) is 11.8 Å². The van der Waals surface area contributed by atoms with Crippen LogP contribution in [0, 0.1) is 12.7 Å². The van der Waals surface area contributed by atoms with Crippen LogP contribution in [0.5, 0.6) is 5.75 Å². The molecule has 0 aliphatic rings. The molecule has 0 atom stereocenters. The van der Waals surface area contributed by atoms with E-state index >= 15 is 0 Å². The molecule has 0 saturated carbocycles. The third kappa shape index (κ3) is 2.30. The number of nitrogens with zero attached hydrogens (tertiary/aromatic N) is 2. The first-order valence-corrected chi connectivity index (χ1v) is 5.99. The monoisotopic (exact) mass is 295 g/mol. The fraction of sp³-hybridized carbons (Fsp3) is 0.154. The number of rotatable bonds is 3. The summed E-state index contributed by atoms with van der Waals surface area (Å²) in [7, 11) is 1.30. The van der Waals surface area contributed by atoms with Crippen LogP contribution in [-0.2, 0) is 0 Å². The highest BCUT2D eigenvalue weighted by Gasteiger charge is 2.18. The Bertz CT molecular complexity index is 692. The molecular weight excluding hydrogens is 285 g/mol. The highest BCUT2D eigenvalue weighted by molar-refractivity contribution is 6.32. The van der Waals surface area contributed by atoms with Crippen LogP contribution in [0.15, 0.2) is 12.1 Å². The van der Waals surface area contributed by atoms with E-state index in [1.54, 1.807) is 6.92 Å². The Hall–Kier alpha value is -2.21. The summed E-state index contributed by atoms with van der Waals surface area (Å²) in [6.07, 6.45) is 0.544. The molecule has 2 N–H and O–H groups in total. The van der Waals surface area contributed by atoms with E-state index < -0.39 is 5.82 Å². The van der Waals surface area contributed by atoms with Gasteiger partial charge in [-0.1, -0.05) is 11.6 Å². The molecule has 2 aromatic rings. The molecule has 0 fully saturated rings. The molecule has 0 amide bonds. The standard InChI is InChI=1S/C13H11ClFN3O2/c1-6-9(5-19)17-13(18-12(6)16)7-3-4-8(14)11(20-2)10(7)15/h3-5H,1-2H3,(H2,16,17,18). The van der Waals surface area contributed by atoms with Gasteiger partial charge in [-0.15, -0.1) is 0 Å². The average Bonchev–Trinajstić information content (AvgIpc) is 2.42. The predicted molar refractivity (Wildman–Crippen MR) is 73.5 cm³/mol. The number of anilines is 1. The van der Waals surface area contributed by atoms with Gasteiger partial charge in [0.15, 0.2) is 23.7 Å². The maximum atomic E-state index is 14.3. The number of aldehydes is 1. The van der Waals surface area contributed by atoms with Crippen molar-refractivity contribution in [3.05, 3.63) is 34.2 Å². The highest BCUT2D eigenvalue weighted by atomic mass is 35.5. The lowest BCUT2D eigenvalue weighted by molar-refractivity contribution is 0.111. The fourth-order valence-corrected chi connectivity index (χ4v) is 1.90. The van der Waals surface area contributed by atoms with Crippen LogP contribution in [0.3, 0.4) is 0 Å². The Kier molecular flexibility index (Phi) is 3.85. The highest BCUT2D eigenvalue weighted by Crippen LogP contribution is 2.34. The number of aromatic nitrogens is 2. The fourth-order valence-electron chi connectivity index (χ4n) is 1.68. The maximum Gasteiger partial charge on any atom is 0.177 e. The van der Waals surface area contributed by atoms with Crippen LogP contribution in [0.1, 0.15) is 16.1 Å². The Morgan fingerprint density at radius 3 is 2.70 bits per heavy atom. The van der Waals surface area contributed by atoms with Crippen molar-refractivity contribution in [2.75, 3.05) is 12.8 Å². The summed E-state index contributed by atoms with van der Waals surface area (Å²) in [6, 6.07) is 2.86. The van der Waals surface area contributed by atoms with Gasteiger partial charge in [0.1, 0.15) is 11.5 Å². The first kappa shape index (κ1) is 14.2. The van der Waals surface area contributed by atoms with E-state index in [-0.39, 0.29) is 33.7 Å². The molecule has 0 aliphatic heterocycles. The number of benzene rings is 1. The zero-order chi connectivity index (χ0) is 14.9. The number of hydrogen-bond donors (Lipinski definition) is 1. The SMILES string of the molecule is COc1c(Cl)ccc(-c2nc(N)c(C)c(C=O)n2)c1F. The Balaban J connectivity index is 2.69. The molecule has 7 heteroatoms. The number of methoxy groups -OCH3 is 1. The quantitative estimate of drug-likeness (QED) is 0.881. The summed E-state index contributed by atoms with van der Waals surface area (Å²) in [5, 5.41) is 0.129. The van der Waals surface area contributed by atoms with Crippen molar-refractivity contribution in [1.29, 1.82) is 0 Å². The van der Waals surface area contributed by atoms with Crippen molar-refractivity contribution in [2.45, 2.75) is 6.92 Å². The third-order valence-electron chi connectivity index (χ3n) is 2.83. The molecule has 2 rings (SSSR count). The van der Waals surface area contributed by atoms with E-state index in [1.807, 2.05) is 0 Å². The number of carbonyl (C=O) groups excluding carboxylic acids is 1. The maximum absolute atomic E-state index is 14.3. The number of carbonyl (C=O) groups is 1. The van der Waals surface area contributed by atoms with E-state index in [9.17, 15) is 9.18 Å². The number of nitrogen functional groups attached to an aromatic ring is 1. The van der Waals surface area contributed by atoms with Crippen LogP contribution in [0.25, 0.3) is 11.4 Å². The van der Waals surface area contributed by atoms with Crippen LogP contribution in [0.2, 0.25) is 5.02 Å². The Labute approximate surface area is 119 Å². The molecule has 0 aliphatic carbocycles. The van der Waals surface area contributed by atoms with Crippen molar-refractivity contribution < 1.29 is 13.9 Å². The molecule has 0 unspecified atom stereocenters. The average molecular weight is 296 g/mol.